The van der Waals surface area contributed by atoms with Gasteiger partial charge in [-0.2, -0.15) is 13.2 Å². The molecule has 13 heteroatoms. The van der Waals surface area contributed by atoms with Crippen molar-refractivity contribution < 1.29 is 27.1 Å². The van der Waals surface area contributed by atoms with Gasteiger partial charge in [0.25, 0.3) is 5.91 Å². The molecule has 4 aromatic rings. The summed E-state index contributed by atoms with van der Waals surface area (Å²) in [5, 5.41) is 8.60. The van der Waals surface area contributed by atoms with E-state index in [1.165, 1.54) is 31.6 Å². The number of aromatic amines is 1. The molecule has 0 aliphatic carbocycles. The van der Waals surface area contributed by atoms with Crippen LogP contribution in [0.4, 0.5) is 40.6 Å². The standard InChI is InChI=1S/C24H19F4N7O2/c1-37-21-14(25)3-2-4-17(21)34-20-18-15(5-7-30-22(18)36)33-19(20)16-6-8-31-23(35-16)32-13-9-12(10-29-11-13)24(26,27)28/h2-4,6,8-11,33-34H,5,7H2,1H3,(H,30,36)(H,31,32,35). The number of pyridine rings is 1. The minimum absolute atomic E-state index is 0.00457. The predicted molar refractivity (Wildman–Crippen MR) is 127 cm³/mol. The predicted octanol–water partition coefficient (Wildman–Crippen LogP) is 4.81. The SMILES string of the molecule is COc1c(F)cccc1Nc1c(-c2ccnc(Nc3cncc(C(F)(F)F)c3)n2)[nH]c2c1C(=O)NCC2. The summed E-state index contributed by atoms with van der Waals surface area (Å²) in [5.41, 5.74) is 1.45. The Bertz CT molecular complexity index is 1490. The van der Waals surface area contributed by atoms with Gasteiger partial charge in [0.1, 0.15) is 0 Å². The summed E-state index contributed by atoms with van der Waals surface area (Å²) >= 11 is 0. The number of alkyl halides is 3. The number of rotatable bonds is 6. The first kappa shape index (κ1) is 24.0. The zero-order valence-electron chi connectivity index (χ0n) is 19.2. The normalized spacial score (nSPS) is 13.1. The Labute approximate surface area is 207 Å². The van der Waals surface area contributed by atoms with Gasteiger partial charge in [-0.05, 0) is 24.3 Å². The number of hydrogen-bond acceptors (Lipinski definition) is 7. The van der Waals surface area contributed by atoms with Crippen LogP contribution in [-0.4, -0.2) is 39.5 Å². The van der Waals surface area contributed by atoms with E-state index in [2.05, 4.69) is 35.9 Å². The molecule has 0 saturated heterocycles. The number of carbonyl (C=O) groups excluding carboxylic acids is 1. The van der Waals surface area contributed by atoms with Crippen molar-refractivity contribution in [1.29, 1.82) is 0 Å². The maximum atomic E-state index is 14.3. The highest BCUT2D eigenvalue weighted by atomic mass is 19.4. The first-order chi connectivity index (χ1) is 17.7. The Kier molecular flexibility index (Phi) is 6.11. The minimum atomic E-state index is -4.56. The largest absolute Gasteiger partial charge is 0.492 e. The number of halogens is 4. The molecule has 0 fully saturated rings. The summed E-state index contributed by atoms with van der Waals surface area (Å²) in [6.07, 6.45) is -0.697. The van der Waals surface area contributed by atoms with Crippen molar-refractivity contribution in [3.05, 3.63) is 71.6 Å². The van der Waals surface area contributed by atoms with E-state index in [4.69, 9.17) is 4.74 Å². The molecule has 0 saturated carbocycles. The monoisotopic (exact) mass is 513 g/mol. The number of carbonyl (C=O) groups is 1. The zero-order valence-corrected chi connectivity index (χ0v) is 19.2. The smallest absolute Gasteiger partial charge is 0.417 e. The lowest BCUT2D eigenvalue weighted by molar-refractivity contribution is -0.137. The molecule has 1 amide bonds. The van der Waals surface area contributed by atoms with Gasteiger partial charge in [0.2, 0.25) is 5.95 Å². The van der Waals surface area contributed by atoms with Crippen LogP contribution in [0.5, 0.6) is 5.75 Å². The molecule has 37 heavy (non-hydrogen) atoms. The number of hydrogen-bond donors (Lipinski definition) is 4. The summed E-state index contributed by atoms with van der Waals surface area (Å²) in [6.45, 7) is 0.424. The number of nitrogens with zero attached hydrogens (tertiary/aromatic N) is 3. The average molecular weight is 513 g/mol. The van der Waals surface area contributed by atoms with Crippen molar-refractivity contribution in [2.45, 2.75) is 12.6 Å². The molecule has 9 nitrogen and oxygen atoms in total. The Morgan fingerprint density at radius 3 is 2.76 bits per heavy atom. The lowest BCUT2D eigenvalue weighted by Gasteiger charge is -2.16. The molecule has 0 unspecified atom stereocenters. The molecule has 0 atom stereocenters. The fraction of sp³-hybridized carbons (Fsp3) is 0.167. The minimum Gasteiger partial charge on any atom is -0.492 e. The van der Waals surface area contributed by atoms with Gasteiger partial charge >= 0.3 is 6.18 Å². The average Bonchev–Trinajstić information content (AvgIpc) is 3.24. The molecule has 1 aliphatic rings. The molecule has 1 aromatic carbocycles. The molecule has 190 valence electrons. The fourth-order valence-electron chi connectivity index (χ4n) is 4.00. The van der Waals surface area contributed by atoms with Crippen molar-refractivity contribution in [2.24, 2.45) is 0 Å². The van der Waals surface area contributed by atoms with Crippen LogP contribution in [0.15, 0.2) is 48.9 Å². The van der Waals surface area contributed by atoms with E-state index in [9.17, 15) is 22.4 Å². The second kappa shape index (κ2) is 9.41. The van der Waals surface area contributed by atoms with Gasteiger partial charge in [-0.25, -0.2) is 14.4 Å². The topological polar surface area (TPSA) is 117 Å². The molecular weight excluding hydrogens is 494 g/mol. The summed E-state index contributed by atoms with van der Waals surface area (Å²) < 4.78 is 58.7. The second-order valence-electron chi connectivity index (χ2n) is 8.03. The number of amides is 1. The highest BCUT2D eigenvalue weighted by Gasteiger charge is 2.31. The Morgan fingerprint density at radius 1 is 1.14 bits per heavy atom. The van der Waals surface area contributed by atoms with Crippen LogP contribution < -0.4 is 20.7 Å². The number of aromatic nitrogens is 4. The molecule has 4 heterocycles. The Hall–Kier alpha value is -4.68. The van der Waals surface area contributed by atoms with Crippen LogP contribution in [0.2, 0.25) is 0 Å². The molecule has 0 spiro atoms. The zero-order chi connectivity index (χ0) is 26.2. The van der Waals surface area contributed by atoms with E-state index in [0.29, 0.717) is 41.3 Å². The fourth-order valence-corrected chi connectivity index (χ4v) is 4.00. The van der Waals surface area contributed by atoms with E-state index >= 15 is 0 Å². The maximum absolute atomic E-state index is 14.3. The quantitative estimate of drug-likeness (QED) is 0.274. The van der Waals surface area contributed by atoms with Crippen molar-refractivity contribution in [3.63, 3.8) is 0 Å². The summed E-state index contributed by atoms with van der Waals surface area (Å²) in [4.78, 5) is 28.1. The van der Waals surface area contributed by atoms with Crippen molar-refractivity contribution in [2.75, 3.05) is 24.3 Å². The van der Waals surface area contributed by atoms with Gasteiger partial charge < -0.3 is 25.7 Å². The van der Waals surface area contributed by atoms with Crippen molar-refractivity contribution >= 4 is 28.9 Å². The number of benzene rings is 1. The van der Waals surface area contributed by atoms with Crippen LogP contribution in [-0.2, 0) is 12.6 Å². The van der Waals surface area contributed by atoms with Gasteiger partial charge in [-0.1, -0.05) is 6.07 Å². The van der Waals surface area contributed by atoms with Crippen LogP contribution in [0.3, 0.4) is 0 Å². The van der Waals surface area contributed by atoms with Gasteiger partial charge in [0.15, 0.2) is 11.6 Å². The van der Waals surface area contributed by atoms with E-state index in [-0.39, 0.29) is 29.0 Å². The van der Waals surface area contributed by atoms with E-state index in [1.54, 1.807) is 12.1 Å². The molecule has 5 rings (SSSR count). The summed E-state index contributed by atoms with van der Waals surface area (Å²) in [6, 6.07) is 6.80. The number of fused-ring (bicyclic) bond motifs is 1. The van der Waals surface area contributed by atoms with Crippen LogP contribution in [0, 0.1) is 5.82 Å². The molecule has 3 aromatic heterocycles. The Morgan fingerprint density at radius 2 is 1.97 bits per heavy atom. The highest BCUT2D eigenvalue weighted by Crippen LogP contribution is 2.39. The van der Waals surface area contributed by atoms with Gasteiger partial charge in [0, 0.05) is 31.1 Å². The van der Waals surface area contributed by atoms with E-state index in [1.807, 2.05) is 0 Å². The lowest BCUT2D eigenvalue weighted by Crippen LogP contribution is -2.31. The Balaban J connectivity index is 1.55. The number of nitrogens with one attached hydrogen (secondary N) is 4. The maximum Gasteiger partial charge on any atom is 0.417 e. The number of methoxy groups -OCH3 is 1. The molecule has 1 aliphatic heterocycles. The molecule has 0 bridgehead atoms. The van der Waals surface area contributed by atoms with E-state index in [0.717, 1.165) is 12.3 Å². The third kappa shape index (κ3) is 4.75. The van der Waals surface area contributed by atoms with Gasteiger partial charge in [-0.3, -0.25) is 9.78 Å². The highest BCUT2D eigenvalue weighted by molar-refractivity contribution is 6.06. The van der Waals surface area contributed by atoms with Crippen LogP contribution >= 0.6 is 0 Å². The van der Waals surface area contributed by atoms with E-state index < -0.39 is 17.6 Å². The van der Waals surface area contributed by atoms with Crippen LogP contribution in [0.1, 0.15) is 21.6 Å². The molecule has 0 radical (unpaired) electrons. The second-order valence-corrected chi connectivity index (χ2v) is 8.03. The van der Waals surface area contributed by atoms with Crippen LogP contribution in [0.25, 0.3) is 11.4 Å². The van der Waals surface area contributed by atoms with Gasteiger partial charge in [-0.15, -0.1) is 0 Å². The number of ether oxygens (including phenoxy) is 1. The number of para-hydroxylation sites is 1. The third-order valence-electron chi connectivity index (χ3n) is 5.63. The third-order valence-corrected chi connectivity index (χ3v) is 5.63. The van der Waals surface area contributed by atoms with Crippen molar-refractivity contribution in [3.8, 4) is 17.1 Å². The number of H-pyrrole nitrogens is 1. The summed E-state index contributed by atoms with van der Waals surface area (Å²) in [7, 11) is 1.33. The van der Waals surface area contributed by atoms with Gasteiger partial charge in [0.05, 0.1) is 52.9 Å². The molecule has 4 N–H and O–H groups in total. The first-order valence-electron chi connectivity index (χ1n) is 11.0. The van der Waals surface area contributed by atoms with Crippen molar-refractivity contribution in [1.82, 2.24) is 25.3 Å². The molecular formula is C24H19F4N7O2. The first-order valence-corrected chi connectivity index (χ1v) is 11.0. The lowest BCUT2D eigenvalue weighted by atomic mass is 10.1. The number of anilines is 4. The summed E-state index contributed by atoms with van der Waals surface area (Å²) in [5.74, 6) is -0.957.